The number of hydrogen-bond donors (Lipinski definition) is 1. The average Bonchev–Trinajstić information content (AvgIpc) is 3.56. The minimum Gasteiger partial charge on any atom is -0.445 e. The van der Waals surface area contributed by atoms with Gasteiger partial charge < -0.3 is 20.3 Å². The minimum atomic E-state index is -3.57. The van der Waals surface area contributed by atoms with Gasteiger partial charge in [-0.2, -0.15) is 11.3 Å². The molecule has 0 aliphatic carbocycles. The van der Waals surface area contributed by atoms with Crippen LogP contribution in [0.1, 0.15) is 60.0 Å². The maximum absolute atomic E-state index is 13.2. The van der Waals surface area contributed by atoms with Crippen LogP contribution in [0.15, 0.2) is 76.3 Å². The van der Waals surface area contributed by atoms with E-state index < -0.39 is 15.9 Å². The number of thiophene rings is 1. The largest absolute Gasteiger partial charge is 0.445 e. The number of primary amides is 1. The maximum atomic E-state index is 13.2. The first kappa shape index (κ1) is 32.7. The third-order valence-electron chi connectivity index (χ3n) is 8.03. The number of piperidine rings is 1. The molecule has 1 aliphatic heterocycles. The average molecular weight is 627 g/mol. The molecule has 3 aromatic rings. The Morgan fingerprint density at radius 2 is 1.77 bits per heavy atom. The summed E-state index contributed by atoms with van der Waals surface area (Å²) >= 11 is 1.63. The lowest BCUT2D eigenvalue weighted by atomic mass is 9.97. The Morgan fingerprint density at radius 3 is 2.37 bits per heavy atom. The monoisotopic (exact) mass is 626 g/mol. The molecule has 1 aromatic heterocycles. The van der Waals surface area contributed by atoms with Crippen LogP contribution >= 0.6 is 11.3 Å². The van der Waals surface area contributed by atoms with Crippen molar-refractivity contribution in [2.24, 2.45) is 5.73 Å². The van der Waals surface area contributed by atoms with Crippen molar-refractivity contribution in [3.63, 3.8) is 0 Å². The third-order valence-corrected chi connectivity index (χ3v) is 10.6. The summed E-state index contributed by atoms with van der Waals surface area (Å²) in [6.45, 7) is 5.81. The van der Waals surface area contributed by atoms with E-state index in [9.17, 15) is 18.0 Å². The van der Waals surface area contributed by atoms with Crippen molar-refractivity contribution in [1.29, 1.82) is 0 Å². The molecule has 2 aromatic carbocycles. The summed E-state index contributed by atoms with van der Waals surface area (Å²) in [5.41, 5.74) is 7.68. The number of carbonyl (C=O) groups excluding carboxylic acids is 2. The summed E-state index contributed by atoms with van der Waals surface area (Å²) in [7, 11) is -1.91. The molecule has 0 saturated carbocycles. The van der Waals surface area contributed by atoms with Crippen molar-refractivity contribution in [1.82, 2.24) is 14.1 Å². The van der Waals surface area contributed by atoms with Gasteiger partial charge in [0, 0.05) is 44.8 Å². The van der Waals surface area contributed by atoms with Gasteiger partial charge in [-0.15, -0.1) is 0 Å². The molecule has 43 heavy (non-hydrogen) atoms. The fourth-order valence-corrected chi connectivity index (χ4v) is 7.48. The molecule has 2 heterocycles. The second-order valence-corrected chi connectivity index (χ2v) is 13.8. The molecule has 1 atom stereocenters. The summed E-state index contributed by atoms with van der Waals surface area (Å²) in [4.78, 5) is 28.9. The van der Waals surface area contributed by atoms with Crippen LogP contribution in [0, 0.1) is 0 Å². The zero-order valence-electron chi connectivity index (χ0n) is 24.9. The van der Waals surface area contributed by atoms with Crippen LogP contribution in [0.5, 0.6) is 0 Å². The normalized spacial score (nSPS) is 15.3. The number of nitrogens with zero attached hydrogens (tertiary/aromatic N) is 3. The maximum Gasteiger partial charge on any atom is 0.410 e. The molecule has 1 saturated heterocycles. The summed E-state index contributed by atoms with van der Waals surface area (Å²) < 4.78 is 33.5. The molecule has 0 radical (unpaired) electrons. The number of hydrogen-bond acceptors (Lipinski definition) is 7. The zero-order chi connectivity index (χ0) is 30.8. The fraction of sp³-hybridized carbons (Fsp3) is 0.438. The standard InChI is InChI=1S/C32H42N4O5S2/c1-3-17-36(32(38)41-23-25-9-11-26(12-10-25)31(33)37)29-14-19-35(20-15-29)18-13-27(28-16-21-42-24-28)22-34(2)43(39,40)30-7-5-4-6-8-30/h4-12,16,21,24,27,29H,3,13-15,17-20,22-23H2,1-2H3,(H2,33,37). The number of likely N-dealkylation sites (N-methyl/N-ethyl adjacent to an activating group) is 1. The molecule has 1 aliphatic rings. The molecule has 1 fully saturated rings. The molecule has 0 spiro atoms. The van der Waals surface area contributed by atoms with Gasteiger partial charge in [-0.05, 0) is 90.4 Å². The second-order valence-electron chi connectivity index (χ2n) is 11.0. The Balaban J connectivity index is 1.30. The van der Waals surface area contributed by atoms with E-state index in [1.54, 1.807) is 66.9 Å². The molecule has 4 rings (SSSR count). The van der Waals surface area contributed by atoms with Crippen molar-refractivity contribution in [3.8, 4) is 0 Å². The lowest BCUT2D eigenvalue weighted by Crippen LogP contribution is -2.48. The van der Waals surface area contributed by atoms with Crippen molar-refractivity contribution in [2.75, 3.05) is 39.8 Å². The molecule has 0 bridgehead atoms. The smallest absolute Gasteiger partial charge is 0.410 e. The molecule has 1 unspecified atom stereocenters. The minimum absolute atomic E-state index is 0.0797. The van der Waals surface area contributed by atoms with Crippen LogP contribution in [0.2, 0.25) is 0 Å². The number of likely N-dealkylation sites (tertiary alicyclic amines) is 1. The predicted octanol–water partition coefficient (Wildman–Crippen LogP) is 5.15. The Kier molecular flexibility index (Phi) is 11.7. The number of sulfonamides is 1. The summed E-state index contributed by atoms with van der Waals surface area (Å²) in [6, 6.07) is 17.5. The Hall–Kier alpha value is -3.25. The SMILES string of the molecule is CCCN(C(=O)OCc1ccc(C(N)=O)cc1)C1CCN(CCC(CN(C)S(=O)(=O)c2ccccc2)c2ccsc2)CC1. The van der Waals surface area contributed by atoms with E-state index in [0.29, 0.717) is 23.5 Å². The molecule has 9 nitrogen and oxygen atoms in total. The number of ether oxygens (including phenoxy) is 1. The van der Waals surface area contributed by atoms with Gasteiger partial charge in [0.1, 0.15) is 6.61 Å². The molecule has 11 heteroatoms. The first-order valence-electron chi connectivity index (χ1n) is 14.8. The topological polar surface area (TPSA) is 113 Å². The van der Waals surface area contributed by atoms with Crippen LogP contribution in [-0.4, -0.2) is 80.3 Å². The van der Waals surface area contributed by atoms with Crippen molar-refractivity contribution < 1.29 is 22.7 Å². The first-order chi connectivity index (χ1) is 20.7. The highest BCUT2D eigenvalue weighted by atomic mass is 32.2. The zero-order valence-corrected chi connectivity index (χ0v) is 26.6. The van der Waals surface area contributed by atoms with Gasteiger partial charge in [-0.25, -0.2) is 17.5 Å². The lowest BCUT2D eigenvalue weighted by molar-refractivity contribution is 0.0601. The fourth-order valence-electron chi connectivity index (χ4n) is 5.50. The highest BCUT2D eigenvalue weighted by Crippen LogP contribution is 2.27. The Bertz CT molecular complexity index is 1410. The van der Waals surface area contributed by atoms with Crippen LogP contribution in [0.4, 0.5) is 4.79 Å². The summed E-state index contributed by atoms with van der Waals surface area (Å²) in [5.74, 6) is -0.412. The van der Waals surface area contributed by atoms with Crippen LogP contribution in [0.3, 0.4) is 0 Å². The number of nitrogens with two attached hydrogens (primary N) is 1. The number of rotatable bonds is 14. The van der Waals surface area contributed by atoms with E-state index >= 15 is 0 Å². The summed E-state index contributed by atoms with van der Waals surface area (Å²) in [5, 5.41) is 4.15. The second kappa shape index (κ2) is 15.5. The van der Waals surface area contributed by atoms with Crippen LogP contribution < -0.4 is 5.73 Å². The molecule has 2 N–H and O–H groups in total. The van der Waals surface area contributed by atoms with Crippen molar-refractivity contribution in [3.05, 3.63) is 88.1 Å². The number of benzene rings is 2. The van der Waals surface area contributed by atoms with E-state index in [0.717, 1.165) is 56.4 Å². The van der Waals surface area contributed by atoms with Crippen LogP contribution in [0.25, 0.3) is 0 Å². The Labute approximate surface area is 259 Å². The number of carbonyl (C=O) groups is 2. The van der Waals surface area contributed by atoms with Gasteiger partial charge >= 0.3 is 6.09 Å². The van der Waals surface area contributed by atoms with Gasteiger partial charge in [-0.3, -0.25) is 4.79 Å². The van der Waals surface area contributed by atoms with Gasteiger partial charge in [-0.1, -0.05) is 37.3 Å². The van der Waals surface area contributed by atoms with E-state index in [2.05, 4.69) is 23.3 Å². The van der Waals surface area contributed by atoms with E-state index in [4.69, 9.17) is 10.5 Å². The highest BCUT2D eigenvalue weighted by Gasteiger charge is 2.30. The quantitative estimate of drug-likeness (QED) is 0.265. The summed E-state index contributed by atoms with van der Waals surface area (Å²) in [6.07, 6.45) is 3.07. The first-order valence-corrected chi connectivity index (χ1v) is 17.1. The molecular formula is C32H42N4O5S2. The van der Waals surface area contributed by atoms with Crippen LogP contribution in [-0.2, 0) is 21.4 Å². The van der Waals surface area contributed by atoms with E-state index in [-0.39, 0.29) is 24.7 Å². The molecule has 232 valence electrons. The lowest BCUT2D eigenvalue weighted by Gasteiger charge is -2.38. The van der Waals surface area contributed by atoms with E-state index in [1.165, 1.54) is 4.31 Å². The predicted molar refractivity (Wildman–Crippen MR) is 170 cm³/mol. The van der Waals surface area contributed by atoms with Crippen molar-refractivity contribution >= 4 is 33.4 Å². The van der Waals surface area contributed by atoms with Gasteiger partial charge in [0.25, 0.3) is 0 Å². The van der Waals surface area contributed by atoms with Gasteiger partial charge in [0.05, 0.1) is 4.90 Å². The van der Waals surface area contributed by atoms with Crippen molar-refractivity contribution in [2.45, 2.75) is 56.1 Å². The van der Waals surface area contributed by atoms with E-state index in [1.807, 2.05) is 16.3 Å². The molecule has 2 amide bonds. The number of amides is 2. The third kappa shape index (κ3) is 8.88. The Morgan fingerprint density at radius 1 is 1.07 bits per heavy atom. The van der Waals surface area contributed by atoms with Gasteiger partial charge in [0.15, 0.2) is 0 Å². The highest BCUT2D eigenvalue weighted by molar-refractivity contribution is 7.89. The van der Waals surface area contributed by atoms with Gasteiger partial charge in [0.2, 0.25) is 15.9 Å². The molecular weight excluding hydrogens is 585 g/mol.